The van der Waals surface area contributed by atoms with Crippen LogP contribution in [0.2, 0.25) is 0 Å². The molecule has 0 spiro atoms. The molecule has 0 heterocycles. The standard InChI is InChI=1S/C24H23ClNO3PS/c1-3-29-30(28,20-12-8-5-9-13-20)24(26-23(27)19-10-6-4-7-11-19)22(25)31-21-16-14-18(2)15-17-21/h4-17H,3H2,1-2H3,(H,26,27)/b24-22+/t30-/m1/s1. The SMILES string of the molecule is CCO[P@@](=O)(/C(NC(=O)c1ccccc1)=C(\Cl)Sc1ccc(C)cc1)c1ccccc1. The van der Waals surface area contributed by atoms with Crippen molar-refractivity contribution in [3.63, 3.8) is 0 Å². The van der Waals surface area contributed by atoms with Crippen molar-refractivity contribution in [2.45, 2.75) is 18.7 Å². The van der Waals surface area contributed by atoms with E-state index >= 15 is 0 Å². The van der Waals surface area contributed by atoms with Crippen LogP contribution in [-0.4, -0.2) is 12.5 Å². The van der Waals surface area contributed by atoms with Gasteiger partial charge in [0, 0.05) is 15.8 Å². The van der Waals surface area contributed by atoms with E-state index in [1.807, 2.05) is 43.3 Å². The van der Waals surface area contributed by atoms with Gasteiger partial charge in [0.1, 0.15) is 9.80 Å². The summed E-state index contributed by atoms with van der Waals surface area (Å²) in [4.78, 5) is 13.8. The van der Waals surface area contributed by atoms with Crippen LogP contribution >= 0.6 is 30.7 Å². The van der Waals surface area contributed by atoms with Crippen molar-refractivity contribution in [2.24, 2.45) is 0 Å². The van der Waals surface area contributed by atoms with Crippen LogP contribution in [0.3, 0.4) is 0 Å². The lowest BCUT2D eigenvalue weighted by atomic mass is 10.2. The number of rotatable bonds is 8. The molecule has 0 aliphatic heterocycles. The second-order valence-corrected chi connectivity index (χ2v) is 10.7. The highest BCUT2D eigenvalue weighted by atomic mass is 35.5. The molecule has 1 atom stereocenters. The molecule has 160 valence electrons. The maximum Gasteiger partial charge on any atom is 0.279 e. The van der Waals surface area contributed by atoms with Crippen molar-refractivity contribution in [3.05, 3.63) is 106 Å². The van der Waals surface area contributed by atoms with Crippen molar-refractivity contribution in [1.82, 2.24) is 5.32 Å². The lowest BCUT2D eigenvalue weighted by Gasteiger charge is -2.23. The molecular formula is C24H23ClNO3PS. The number of amides is 1. The Balaban J connectivity index is 2.08. The van der Waals surface area contributed by atoms with Gasteiger partial charge in [-0.3, -0.25) is 9.36 Å². The molecule has 7 heteroatoms. The first-order valence-electron chi connectivity index (χ1n) is 9.75. The molecule has 1 N–H and O–H groups in total. The number of aryl methyl sites for hydroxylation is 1. The van der Waals surface area contributed by atoms with Crippen molar-refractivity contribution in [1.29, 1.82) is 0 Å². The molecule has 0 aliphatic rings. The number of nitrogens with one attached hydrogen (secondary N) is 1. The average Bonchev–Trinajstić information content (AvgIpc) is 2.80. The Morgan fingerprint density at radius 3 is 2.13 bits per heavy atom. The summed E-state index contributed by atoms with van der Waals surface area (Å²) in [6.45, 7) is 3.94. The number of thioether (sulfide) groups is 1. The van der Waals surface area contributed by atoms with Gasteiger partial charge in [-0.05, 0) is 50.2 Å². The molecule has 4 nitrogen and oxygen atoms in total. The van der Waals surface area contributed by atoms with Crippen LogP contribution < -0.4 is 10.6 Å². The molecule has 0 fully saturated rings. The van der Waals surface area contributed by atoms with E-state index in [0.29, 0.717) is 10.9 Å². The maximum atomic E-state index is 14.2. The van der Waals surface area contributed by atoms with E-state index in [1.165, 1.54) is 11.8 Å². The smallest absolute Gasteiger partial charge is 0.279 e. The minimum Gasteiger partial charge on any atom is -0.321 e. The summed E-state index contributed by atoms with van der Waals surface area (Å²) in [5.41, 5.74) is 1.62. The Morgan fingerprint density at radius 2 is 1.55 bits per heavy atom. The van der Waals surface area contributed by atoms with Crippen LogP contribution in [0.15, 0.2) is 99.6 Å². The van der Waals surface area contributed by atoms with Gasteiger partial charge in [-0.1, -0.05) is 77.5 Å². The predicted octanol–water partition coefficient (Wildman–Crippen LogP) is 6.52. The molecule has 0 saturated carbocycles. The maximum absolute atomic E-state index is 14.2. The molecule has 0 aliphatic carbocycles. The topological polar surface area (TPSA) is 55.4 Å². The Kier molecular flexibility index (Phi) is 8.16. The van der Waals surface area contributed by atoms with Crippen LogP contribution in [0.5, 0.6) is 0 Å². The van der Waals surface area contributed by atoms with Gasteiger partial charge >= 0.3 is 0 Å². The molecule has 0 unspecified atom stereocenters. The molecule has 3 aromatic rings. The third kappa shape index (κ3) is 5.90. The zero-order chi connectivity index (χ0) is 22.3. The van der Waals surface area contributed by atoms with Gasteiger partial charge in [-0.15, -0.1) is 0 Å². The van der Waals surface area contributed by atoms with E-state index in [0.717, 1.165) is 10.5 Å². The first-order valence-corrected chi connectivity index (χ1v) is 12.6. The number of hydrogen-bond donors (Lipinski definition) is 1. The molecular weight excluding hydrogens is 449 g/mol. The van der Waals surface area contributed by atoms with Crippen molar-refractivity contribution in [3.8, 4) is 0 Å². The molecule has 3 aromatic carbocycles. The summed E-state index contributed by atoms with van der Waals surface area (Å²) >= 11 is 7.92. The van der Waals surface area contributed by atoms with E-state index in [4.69, 9.17) is 16.1 Å². The van der Waals surface area contributed by atoms with E-state index in [-0.39, 0.29) is 16.4 Å². The molecule has 0 saturated heterocycles. The van der Waals surface area contributed by atoms with Gasteiger partial charge in [-0.25, -0.2) is 0 Å². The van der Waals surface area contributed by atoms with Gasteiger partial charge in [0.2, 0.25) is 0 Å². The number of carbonyl (C=O) groups is 1. The fourth-order valence-corrected chi connectivity index (χ4v) is 6.56. The number of halogens is 1. The summed E-state index contributed by atoms with van der Waals surface area (Å²) in [5.74, 6) is -0.408. The Morgan fingerprint density at radius 1 is 0.968 bits per heavy atom. The monoisotopic (exact) mass is 471 g/mol. The summed E-state index contributed by atoms with van der Waals surface area (Å²) < 4.78 is 20.1. The minimum absolute atomic E-state index is 0.0710. The highest BCUT2D eigenvalue weighted by molar-refractivity contribution is 8.05. The number of hydrogen-bond acceptors (Lipinski definition) is 4. The number of benzene rings is 3. The molecule has 3 rings (SSSR count). The summed E-state index contributed by atoms with van der Waals surface area (Å²) in [6.07, 6.45) is 0. The zero-order valence-electron chi connectivity index (χ0n) is 17.2. The first-order chi connectivity index (χ1) is 14.9. The van der Waals surface area contributed by atoms with Crippen LogP contribution in [0.25, 0.3) is 0 Å². The van der Waals surface area contributed by atoms with Gasteiger partial charge in [0.15, 0.2) is 0 Å². The van der Waals surface area contributed by atoms with Crippen molar-refractivity contribution < 1.29 is 13.9 Å². The summed E-state index contributed by atoms with van der Waals surface area (Å²) in [6, 6.07) is 25.3. The largest absolute Gasteiger partial charge is 0.321 e. The van der Waals surface area contributed by atoms with Crippen LogP contribution in [0, 0.1) is 6.92 Å². The van der Waals surface area contributed by atoms with Crippen molar-refractivity contribution >= 4 is 41.9 Å². The Labute approximate surface area is 192 Å². The van der Waals surface area contributed by atoms with Crippen LogP contribution in [0.4, 0.5) is 0 Å². The van der Waals surface area contributed by atoms with Crippen LogP contribution in [-0.2, 0) is 9.09 Å². The fraction of sp³-hybridized carbons (Fsp3) is 0.125. The van der Waals surface area contributed by atoms with E-state index in [1.54, 1.807) is 55.5 Å². The molecule has 1 amide bonds. The van der Waals surface area contributed by atoms with Gasteiger partial charge in [-0.2, -0.15) is 0 Å². The first kappa shape index (κ1) is 23.4. The second kappa shape index (κ2) is 10.8. The number of carbonyl (C=O) groups excluding carboxylic acids is 1. The molecule has 31 heavy (non-hydrogen) atoms. The van der Waals surface area contributed by atoms with Gasteiger partial charge in [0.25, 0.3) is 13.3 Å². The van der Waals surface area contributed by atoms with Crippen molar-refractivity contribution in [2.75, 3.05) is 6.61 Å². The van der Waals surface area contributed by atoms with Crippen LogP contribution in [0.1, 0.15) is 22.8 Å². The third-order valence-electron chi connectivity index (χ3n) is 4.38. The molecule has 0 radical (unpaired) electrons. The van der Waals surface area contributed by atoms with E-state index in [9.17, 15) is 9.36 Å². The lowest BCUT2D eigenvalue weighted by molar-refractivity contribution is 0.0967. The quantitative estimate of drug-likeness (QED) is 0.300. The molecule has 0 bridgehead atoms. The minimum atomic E-state index is -3.66. The van der Waals surface area contributed by atoms with E-state index < -0.39 is 13.3 Å². The Bertz CT molecular complexity index is 1100. The summed E-state index contributed by atoms with van der Waals surface area (Å²) in [7, 11) is -3.66. The summed E-state index contributed by atoms with van der Waals surface area (Å²) in [5, 5.41) is 3.25. The lowest BCUT2D eigenvalue weighted by Crippen LogP contribution is -2.26. The Hall–Kier alpha value is -2.30. The zero-order valence-corrected chi connectivity index (χ0v) is 19.7. The normalized spacial score (nSPS) is 13.8. The fourth-order valence-electron chi connectivity index (χ4n) is 2.84. The highest BCUT2D eigenvalue weighted by Gasteiger charge is 2.35. The molecule has 0 aromatic heterocycles. The van der Waals surface area contributed by atoms with Gasteiger partial charge < -0.3 is 9.84 Å². The third-order valence-corrected chi connectivity index (χ3v) is 8.50. The average molecular weight is 472 g/mol. The van der Waals surface area contributed by atoms with E-state index in [2.05, 4.69) is 5.32 Å². The predicted molar refractivity (Wildman–Crippen MR) is 129 cm³/mol. The highest BCUT2D eigenvalue weighted by Crippen LogP contribution is 2.56. The van der Waals surface area contributed by atoms with Gasteiger partial charge in [0.05, 0.1) is 6.61 Å². The second-order valence-electron chi connectivity index (χ2n) is 6.66.